The quantitative estimate of drug-likeness (QED) is 0.172. The van der Waals surface area contributed by atoms with Gasteiger partial charge in [-0.2, -0.15) is 0 Å². The summed E-state index contributed by atoms with van der Waals surface area (Å²) in [6, 6.07) is 11.5. The zero-order valence-corrected chi connectivity index (χ0v) is 30.8. The molecule has 1 saturated heterocycles. The maximum atomic E-state index is 6.41. The molecule has 4 bridgehead atoms. The number of hydrogen-bond acceptors (Lipinski definition) is 7. The van der Waals surface area contributed by atoms with E-state index in [1.807, 2.05) is 36.4 Å². The van der Waals surface area contributed by atoms with E-state index in [-0.39, 0.29) is 6.10 Å². The average molecular weight is 758 g/mol. The number of aromatic nitrogens is 2. The molecule has 3 heterocycles. The number of fused-ring (bicyclic) bond motifs is 4. The molecule has 0 spiro atoms. The fraction of sp³-hybridized carbons (Fsp3) is 0.538. The van der Waals surface area contributed by atoms with Gasteiger partial charge < -0.3 is 23.8 Å². The summed E-state index contributed by atoms with van der Waals surface area (Å²) < 4.78 is 24.1. The van der Waals surface area contributed by atoms with Gasteiger partial charge in [-0.05, 0) is 113 Å². The van der Waals surface area contributed by atoms with Gasteiger partial charge in [-0.15, -0.1) is 0 Å². The van der Waals surface area contributed by atoms with Crippen LogP contribution in [-0.4, -0.2) is 35.1 Å². The summed E-state index contributed by atoms with van der Waals surface area (Å²) in [5.41, 5.74) is 5.04. The van der Waals surface area contributed by atoms with E-state index in [0.717, 1.165) is 102 Å². The Morgan fingerprint density at radius 1 is 0.620 bits per heavy atom. The molecule has 50 heavy (non-hydrogen) atoms. The molecule has 6 fully saturated rings. The molecule has 0 amide bonds. The Bertz CT molecular complexity index is 1700. The third-order valence-corrected chi connectivity index (χ3v) is 13.0. The Hall–Kier alpha value is -2.10. The fourth-order valence-corrected chi connectivity index (χ4v) is 10.0. The van der Waals surface area contributed by atoms with Gasteiger partial charge in [0.1, 0.15) is 22.9 Å². The average Bonchev–Trinajstić information content (AvgIpc) is 3.72. The molecule has 6 aliphatic rings. The summed E-state index contributed by atoms with van der Waals surface area (Å²) in [7, 11) is 0. The van der Waals surface area contributed by atoms with E-state index in [0.29, 0.717) is 57.3 Å². The van der Waals surface area contributed by atoms with Crippen molar-refractivity contribution in [2.75, 3.05) is 6.54 Å². The van der Waals surface area contributed by atoms with Gasteiger partial charge in [-0.1, -0.05) is 68.8 Å². The Morgan fingerprint density at radius 3 is 1.56 bits per heavy atom. The molecule has 2 aromatic carbocycles. The molecule has 2 aromatic heterocycles. The molecule has 264 valence electrons. The van der Waals surface area contributed by atoms with Crippen LogP contribution in [0.3, 0.4) is 0 Å². The Balaban J connectivity index is 0.000000135. The summed E-state index contributed by atoms with van der Waals surface area (Å²) in [5.74, 6) is 5.22. The van der Waals surface area contributed by atoms with Crippen molar-refractivity contribution < 1.29 is 18.5 Å². The van der Waals surface area contributed by atoms with Gasteiger partial charge in [0.2, 0.25) is 0 Å². The third-order valence-electron chi connectivity index (χ3n) is 11.8. The highest BCUT2D eigenvalue weighted by Gasteiger charge is 2.42. The summed E-state index contributed by atoms with van der Waals surface area (Å²) >= 11 is 25.6. The number of rotatable bonds is 10. The maximum absolute atomic E-state index is 6.41. The van der Waals surface area contributed by atoms with Crippen molar-refractivity contribution in [2.45, 2.75) is 108 Å². The smallest absolute Gasteiger partial charge is 0.145 e. The van der Waals surface area contributed by atoms with Gasteiger partial charge >= 0.3 is 0 Å². The molecule has 4 aromatic rings. The highest BCUT2D eigenvalue weighted by atomic mass is 35.5. The van der Waals surface area contributed by atoms with Crippen LogP contribution in [-0.2, 0) is 22.7 Å². The highest BCUT2D eigenvalue weighted by molar-refractivity contribution is 6.39. The van der Waals surface area contributed by atoms with E-state index >= 15 is 0 Å². The standard InChI is InChI=1S/C20H21Cl2NO2.C19H20Cl2N2O2/c21-15-2-1-3-16(22)18(15)19-14(20(25-23-19)12-6-7-12)10-24-17-9-11-4-5-13(17)8-11;20-13-2-1-3-14(21)17(13)18-12(19(25-23-18)11-4-5-11)9-24-16-7-10-6-15(16)22-8-10/h1-3,11-13,17H,4-10H2;1-3,10-11,15-16,22H,4-9H2. The number of halogens is 4. The molecule has 1 aliphatic heterocycles. The molecule has 6 atom stereocenters. The molecule has 10 rings (SSSR count). The molecule has 1 N–H and O–H groups in total. The normalized spacial score (nSPS) is 28.0. The Kier molecular flexibility index (Phi) is 9.47. The maximum Gasteiger partial charge on any atom is 0.145 e. The number of piperidine rings is 1. The predicted octanol–water partition coefficient (Wildman–Crippen LogP) is 11.0. The number of hydrogen-bond donors (Lipinski definition) is 1. The molecule has 5 saturated carbocycles. The van der Waals surface area contributed by atoms with Gasteiger partial charge in [0.25, 0.3) is 0 Å². The zero-order valence-electron chi connectivity index (χ0n) is 27.8. The van der Waals surface area contributed by atoms with Crippen molar-refractivity contribution in [3.05, 3.63) is 79.1 Å². The Morgan fingerprint density at radius 2 is 1.14 bits per heavy atom. The fourth-order valence-electron chi connectivity index (χ4n) is 8.85. The molecule has 5 aliphatic carbocycles. The minimum absolute atomic E-state index is 0.273. The first-order chi connectivity index (χ1) is 24.4. The summed E-state index contributed by atoms with van der Waals surface area (Å²) in [6.45, 7) is 2.17. The second-order valence-corrected chi connectivity index (χ2v) is 16.8. The van der Waals surface area contributed by atoms with E-state index in [2.05, 4.69) is 15.6 Å². The van der Waals surface area contributed by atoms with Crippen LogP contribution in [0.1, 0.15) is 98.7 Å². The zero-order chi connectivity index (χ0) is 33.9. The lowest BCUT2D eigenvalue weighted by Crippen LogP contribution is -2.38. The number of benzene rings is 2. The number of ether oxygens (including phenoxy) is 2. The minimum atomic E-state index is 0.273. The van der Waals surface area contributed by atoms with Gasteiger partial charge in [-0.3, -0.25) is 0 Å². The van der Waals surface area contributed by atoms with Crippen molar-refractivity contribution >= 4 is 46.4 Å². The second-order valence-electron chi connectivity index (χ2n) is 15.2. The van der Waals surface area contributed by atoms with Crippen LogP contribution in [0.25, 0.3) is 22.5 Å². The first kappa shape index (κ1) is 33.7. The van der Waals surface area contributed by atoms with Gasteiger partial charge in [0.05, 0.1) is 45.5 Å². The summed E-state index contributed by atoms with van der Waals surface area (Å²) in [5, 5.41) is 14.6. The third kappa shape index (κ3) is 6.66. The second kappa shape index (κ2) is 14.0. The van der Waals surface area contributed by atoms with E-state index in [1.54, 1.807) is 0 Å². The lowest BCUT2D eigenvalue weighted by Gasteiger charge is -2.23. The van der Waals surface area contributed by atoms with E-state index < -0.39 is 0 Å². The summed E-state index contributed by atoms with van der Waals surface area (Å²) in [6.07, 6.45) is 12.9. The van der Waals surface area contributed by atoms with Crippen LogP contribution in [0.5, 0.6) is 0 Å². The molecular weight excluding hydrogens is 716 g/mol. The van der Waals surface area contributed by atoms with Crippen LogP contribution < -0.4 is 5.32 Å². The first-order valence-electron chi connectivity index (χ1n) is 18.2. The van der Waals surface area contributed by atoms with E-state index in [9.17, 15) is 0 Å². The van der Waals surface area contributed by atoms with Crippen molar-refractivity contribution in [1.29, 1.82) is 0 Å². The van der Waals surface area contributed by atoms with Gasteiger partial charge in [-0.25, -0.2) is 0 Å². The molecular formula is C39H41Cl4N3O4. The van der Waals surface area contributed by atoms with Gasteiger partial charge in [0, 0.05) is 40.1 Å². The molecule has 0 radical (unpaired) electrons. The van der Waals surface area contributed by atoms with Crippen molar-refractivity contribution in [1.82, 2.24) is 15.6 Å². The van der Waals surface area contributed by atoms with Crippen LogP contribution in [0.15, 0.2) is 45.4 Å². The van der Waals surface area contributed by atoms with E-state index in [1.165, 1.54) is 32.1 Å². The number of nitrogens with one attached hydrogen (secondary N) is 1. The summed E-state index contributed by atoms with van der Waals surface area (Å²) in [4.78, 5) is 0. The largest absolute Gasteiger partial charge is 0.373 e. The van der Waals surface area contributed by atoms with Crippen LogP contribution in [0.2, 0.25) is 20.1 Å². The lowest BCUT2D eigenvalue weighted by molar-refractivity contribution is 0.00478. The van der Waals surface area contributed by atoms with Gasteiger partial charge in [0.15, 0.2) is 0 Å². The predicted molar refractivity (Wildman–Crippen MR) is 195 cm³/mol. The van der Waals surface area contributed by atoms with Crippen LogP contribution >= 0.6 is 46.4 Å². The van der Waals surface area contributed by atoms with Crippen molar-refractivity contribution in [3.8, 4) is 22.5 Å². The highest BCUT2D eigenvalue weighted by Crippen LogP contribution is 2.49. The molecule has 11 heteroatoms. The first-order valence-corrected chi connectivity index (χ1v) is 19.7. The topological polar surface area (TPSA) is 82.6 Å². The lowest BCUT2D eigenvalue weighted by atomic mass is 9.97. The Labute approximate surface area is 312 Å². The number of nitrogens with zero attached hydrogens (tertiary/aromatic N) is 2. The minimum Gasteiger partial charge on any atom is -0.373 e. The van der Waals surface area contributed by atoms with Crippen LogP contribution in [0.4, 0.5) is 0 Å². The molecule has 6 unspecified atom stereocenters. The van der Waals surface area contributed by atoms with Crippen molar-refractivity contribution in [2.24, 2.45) is 17.8 Å². The monoisotopic (exact) mass is 755 g/mol. The SMILES string of the molecule is Clc1cccc(Cl)c1-c1noc(C2CC2)c1COC1CC2CCC1C2.Clc1cccc(Cl)c1-c1noc(C2CC2)c1COC1CC2CNC1C2. The van der Waals surface area contributed by atoms with Crippen molar-refractivity contribution in [3.63, 3.8) is 0 Å². The van der Waals surface area contributed by atoms with E-state index in [4.69, 9.17) is 64.9 Å². The molecule has 7 nitrogen and oxygen atoms in total. The van der Waals surface area contributed by atoms with Crippen LogP contribution in [0, 0.1) is 17.8 Å².